The Balaban J connectivity index is 1.65. The number of carbonyl (C=O) groups is 2. The molecule has 4 rings (SSSR count). The van der Waals surface area contributed by atoms with E-state index in [2.05, 4.69) is 17.2 Å². The van der Waals surface area contributed by atoms with Crippen molar-refractivity contribution in [1.82, 2.24) is 0 Å². The second-order valence-electron chi connectivity index (χ2n) is 7.67. The molecule has 1 aliphatic rings. The molecular weight excluding hydrogens is 404 g/mol. The molecule has 3 aromatic carbocycles. The van der Waals surface area contributed by atoms with Gasteiger partial charge in [0.05, 0.1) is 16.8 Å². The number of hydrogen-bond acceptors (Lipinski definition) is 6. The molecular formula is C26H24N2O4. The van der Waals surface area contributed by atoms with Crippen LogP contribution in [0.2, 0.25) is 0 Å². The molecule has 6 heteroatoms. The zero-order valence-corrected chi connectivity index (χ0v) is 18.0. The minimum Gasteiger partial charge on any atom is -0.388 e. The van der Waals surface area contributed by atoms with Gasteiger partial charge in [0.1, 0.15) is 13.2 Å². The van der Waals surface area contributed by atoms with Gasteiger partial charge < -0.3 is 10.6 Å². The molecule has 0 aliphatic heterocycles. The summed E-state index contributed by atoms with van der Waals surface area (Å²) in [5, 5.41) is 6.34. The third-order valence-corrected chi connectivity index (χ3v) is 5.17. The van der Waals surface area contributed by atoms with Crippen molar-refractivity contribution in [2.24, 2.45) is 0 Å². The van der Waals surface area contributed by atoms with Crippen LogP contribution < -0.4 is 10.6 Å². The molecule has 0 fully saturated rings. The second-order valence-corrected chi connectivity index (χ2v) is 7.67. The number of ketones is 2. The van der Waals surface area contributed by atoms with Crippen LogP contribution in [0, 0.1) is 0 Å². The van der Waals surface area contributed by atoms with Crippen molar-refractivity contribution in [3.05, 3.63) is 101 Å². The second kappa shape index (κ2) is 9.18. The van der Waals surface area contributed by atoms with Crippen molar-refractivity contribution in [1.29, 1.82) is 0 Å². The molecule has 0 bridgehead atoms. The van der Waals surface area contributed by atoms with E-state index >= 15 is 0 Å². The van der Waals surface area contributed by atoms with Crippen LogP contribution >= 0.6 is 0 Å². The highest BCUT2D eigenvalue weighted by Crippen LogP contribution is 2.37. The lowest BCUT2D eigenvalue weighted by Crippen LogP contribution is -2.23. The molecule has 0 heterocycles. The number of benzene rings is 3. The number of fused-ring (bicyclic) bond motifs is 2. The lowest BCUT2D eigenvalue weighted by atomic mass is 9.82. The molecule has 0 aromatic heterocycles. The van der Waals surface area contributed by atoms with E-state index in [0.717, 1.165) is 16.8 Å². The van der Waals surface area contributed by atoms with Gasteiger partial charge in [-0.25, -0.2) is 9.78 Å². The molecule has 6 nitrogen and oxygen atoms in total. The van der Waals surface area contributed by atoms with Gasteiger partial charge in [-0.3, -0.25) is 9.59 Å². The van der Waals surface area contributed by atoms with Crippen LogP contribution in [0.5, 0.6) is 0 Å². The lowest BCUT2D eigenvalue weighted by Gasteiger charge is -2.23. The van der Waals surface area contributed by atoms with E-state index in [1.807, 2.05) is 37.3 Å². The third-order valence-electron chi connectivity index (χ3n) is 5.17. The SMILES string of the molecule is C=C(C)COOCc1cccc(Nc2ccc(NC)c3c2C(=O)c2ccccc2C3=O)c1. The van der Waals surface area contributed by atoms with Gasteiger partial charge in [0.2, 0.25) is 0 Å². The summed E-state index contributed by atoms with van der Waals surface area (Å²) >= 11 is 0. The first-order valence-electron chi connectivity index (χ1n) is 10.3. The summed E-state index contributed by atoms with van der Waals surface area (Å²) in [5.74, 6) is -0.345. The summed E-state index contributed by atoms with van der Waals surface area (Å²) in [7, 11) is 1.74. The first-order chi connectivity index (χ1) is 15.5. The summed E-state index contributed by atoms with van der Waals surface area (Å²) in [6.07, 6.45) is 0. The van der Waals surface area contributed by atoms with Crippen LogP contribution in [0.1, 0.15) is 44.3 Å². The molecule has 0 unspecified atom stereocenters. The average Bonchev–Trinajstić information content (AvgIpc) is 2.80. The molecule has 0 atom stereocenters. The number of nitrogens with one attached hydrogen (secondary N) is 2. The lowest BCUT2D eigenvalue weighted by molar-refractivity contribution is -0.297. The Morgan fingerprint density at radius 3 is 2.19 bits per heavy atom. The summed E-state index contributed by atoms with van der Waals surface area (Å²) in [4.78, 5) is 36.9. The quantitative estimate of drug-likeness (QED) is 0.172. The number of anilines is 3. The van der Waals surface area contributed by atoms with Crippen LogP contribution in [0.15, 0.2) is 72.8 Å². The minimum absolute atomic E-state index is 0.167. The van der Waals surface area contributed by atoms with Gasteiger partial charge in [-0.05, 0) is 36.8 Å². The monoisotopic (exact) mass is 428 g/mol. The van der Waals surface area contributed by atoms with Crippen molar-refractivity contribution in [3.8, 4) is 0 Å². The van der Waals surface area contributed by atoms with E-state index in [4.69, 9.17) is 9.78 Å². The van der Waals surface area contributed by atoms with Gasteiger partial charge in [0, 0.05) is 29.5 Å². The number of hydrogen-bond donors (Lipinski definition) is 2. The Bertz CT molecular complexity index is 1220. The normalized spacial score (nSPS) is 12.2. The van der Waals surface area contributed by atoms with Crippen molar-refractivity contribution in [2.45, 2.75) is 13.5 Å². The van der Waals surface area contributed by atoms with E-state index in [1.54, 1.807) is 37.4 Å². The maximum atomic E-state index is 13.4. The van der Waals surface area contributed by atoms with Gasteiger partial charge in [-0.15, -0.1) is 0 Å². The first kappa shape index (κ1) is 21.5. The Morgan fingerprint density at radius 2 is 1.53 bits per heavy atom. The Morgan fingerprint density at radius 1 is 0.875 bits per heavy atom. The van der Waals surface area contributed by atoms with Crippen LogP contribution in [-0.2, 0) is 16.4 Å². The molecule has 32 heavy (non-hydrogen) atoms. The summed E-state index contributed by atoms with van der Waals surface area (Å²) in [5.41, 5.74) is 5.32. The summed E-state index contributed by atoms with van der Waals surface area (Å²) in [6.45, 7) is 6.22. The van der Waals surface area contributed by atoms with E-state index in [-0.39, 0.29) is 18.2 Å². The van der Waals surface area contributed by atoms with E-state index in [1.165, 1.54) is 0 Å². The van der Waals surface area contributed by atoms with Gasteiger partial charge in [0.15, 0.2) is 11.6 Å². The maximum Gasteiger partial charge on any atom is 0.196 e. The van der Waals surface area contributed by atoms with Gasteiger partial charge in [-0.1, -0.05) is 48.6 Å². The van der Waals surface area contributed by atoms with Crippen molar-refractivity contribution in [2.75, 3.05) is 24.3 Å². The van der Waals surface area contributed by atoms with Crippen LogP contribution in [-0.4, -0.2) is 25.2 Å². The van der Waals surface area contributed by atoms with Crippen LogP contribution in [0.4, 0.5) is 17.1 Å². The minimum atomic E-state index is -0.178. The van der Waals surface area contributed by atoms with Gasteiger partial charge in [0.25, 0.3) is 0 Å². The smallest absolute Gasteiger partial charge is 0.196 e. The van der Waals surface area contributed by atoms with Crippen molar-refractivity contribution < 1.29 is 19.4 Å². The fraction of sp³-hybridized carbons (Fsp3) is 0.154. The fourth-order valence-corrected chi connectivity index (χ4v) is 3.68. The van der Waals surface area contributed by atoms with E-state index in [9.17, 15) is 9.59 Å². The molecule has 0 amide bonds. The molecule has 0 saturated carbocycles. The largest absolute Gasteiger partial charge is 0.388 e. The third kappa shape index (κ3) is 4.19. The first-order valence-corrected chi connectivity index (χ1v) is 10.3. The fourth-order valence-electron chi connectivity index (χ4n) is 3.68. The van der Waals surface area contributed by atoms with Gasteiger partial charge >= 0.3 is 0 Å². The van der Waals surface area contributed by atoms with Crippen molar-refractivity contribution in [3.63, 3.8) is 0 Å². The average molecular weight is 428 g/mol. The zero-order chi connectivity index (χ0) is 22.7. The van der Waals surface area contributed by atoms with Crippen LogP contribution in [0.25, 0.3) is 0 Å². The van der Waals surface area contributed by atoms with E-state index < -0.39 is 0 Å². The number of carbonyl (C=O) groups excluding carboxylic acids is 2. The van der Waals surface area contributed by atoms with Crippen LogP contribution in [0.3, 0.4) is 0 Å². The summed E-state index contributed by atoms with van der Waals surface area (Å²) in [6, 6.07) is 18.1. The predicted octanol–water partition coefficient (Wildman–Crippen LogP) is 5.27. The highest BCUT2D eigenvalue weighted by molar-refractivity contribution is 6.32. The molecule has 0 radical (unpaired) electrons. The van der Waals surface area contributed by atoms with Crippen molar-refractivity contribution >= 4 is 28.6 Å². The van der Waals surface area contributed by atoms with E-state index in [0.29, 0.717) is 40.2 Å². The molecule has 162 valence electrons. The van der Waals surface area contributed by atoms with Gasteiger partial charge in [-0.2, -0.15) is 0 Å². The molecule has 1 aliphatic carbocycles. The molecule has 2 N–H and O–H groups in total. The summed E-state index contributed by atoms with van der Waals surface area (Å²) < 4.78 is 0. The standard InChI is InChI=1S/C26H24N2O4/c1-16(2)14-31-32-15-17-7-6-8-18(13-17)28-22-12-11-21(27-3)23-24(22)26(30)20-10-5-4-9-19(20)25(23)29/h4-13,27-28H,1,14-15H2,2-3H3. The maximum absolute atomic E-state index is 13.4. The Labute approximate surface area is 186 Å². The highest BCUT2D eigenvalue weighted by atomic mass is 17.2. The Kier molecular flexibility index (Phi) is 6.16. The molecule has 3 aromatic rings. The highest BCUT2D eigenvalue weighted by Gasteiger charge is 2.33. The zero-order valence-electron chi connectivity index (χ0n) is 18.0. The molecule has 0 saturated heterocycles. The topological polar surface area (TPSA) is 76.7 Å². The molecule has 0 spiro atoms. The number of rotatable bonds is 8. The predicted molar refractivity (Wildman–Crippen MR) is 125 cm³/mol. The Hall–Kier alpha value is -3.74.